The molecule has 0 spiro atoms. The Labute approximate surface area is 176 Å². The van der Waals surface area contributed by atoms with Gasteiger partial charge in [-0.15, -0.1) is 0 Å². The minimum absolute atomic E-state index is 0.587. The van der Waals surface area contributed by atoms with E-state index in [9.17, 15) is 5.11 Å². The summed E-state index contributed by atoms with van der Waals surface area (Å²) in [7, 11) is -3.44. The zero-order valence-electron chi connectivity index (χ0n) is 20.0. The highest BCUT2D eigenvalue weighted by molar-refractivity contribution is 6.83. The van der Waals surface area contributed by atoms with Crippen LogP contribution in [0.2, 0.25) is 36.3 Å². The molecule has 1 aromatic carbocycles. The van der Waals surface area contributed by atoms with E-state index in [4.69, 9.17) is 4.43 Å². The van der Waals surface area contributed by atoms with Gasteiger partial charge in [0, 0.05) is 0 Å². The third-order valence-electron chi connectivity index (χ3n) is 6.26. The molecule has 0 aromatic heterocycles. The van der Waals surface area contributed by atoms with Gasteiger partial charge in [-0.2, -0.15) is 0 Å². The molecule has 2 nitrogen and oxygen atoms in total. The normalized spacial score (nSPS) is 16.1. The predicted molar refractivity (Wildman–Crippen MR) is 129 cm³/mol. The minimum Gasteiger partial charge on any atom is -0.412 e. The third-order valence-corrected chi connectivity index (χ3v) is 14.7. The SMILES string of the molecule is CC(C)[Si](OC/C=C(\CC(C)(O)c1ccccc1)[Si](C)(C)C)(C(C)C)C(C)C. The van der Waals surface area contributed by atoms with Crippen molar-refractivity contribution in [2.24, 2.45) is 0 Å². The van der Waals surface area contributed by atoms with Crippen LogP contribution in [0.1, 0.15) is 60.5 Å². The molecule has 0 amide bonds. The summed E-state index contributed by atoms with van der Waals surface area (Å²) < 4.78 is 6.76. The Balaban J connectivity index is 3.10. The van der Waals surface area contributed by atoms with Crippen LogP contribution < -0.4 is 0 Å². The van der Waals surface area contributed by atoms with Gasteiger partial charge in [-0.25, -0.2) is 0 Å². The van der Waals surface area contributed by atoms with Gasteiger partial charge >= 0.3 is 0 Å². The summed E-state index contributed by atoms with van der Waals surface area (Å²) in [6.45, 7) is 23.7. The van der Waals surface area contributed by atoms with Crippen LogP contribution >= 0.6 is 0 Å². The van der Waals surface area contributed by atoms with Gasteiger partial charge in [-0.05, 0) is 35.5 Å². The molecule has 1 rings (SSSR count). The maximum Gasteiger partial charge on any atom is 0.200 e. The fourth-order valence-electron chi connectivity index (χ4n) is 4.70. The molecule has 0 aliphatic rings. The zero-order valence-corrected chi connectivity index (χ0v) is 22.0. The van der Waals surface area contributed by atoms with Crippen LogP contribution in [0, 0.1) is 0 Å². The topological polar surface area (TPSA) is 29.5 Å². The van der Waals surface area contributed by atoms with Crippen molar-refractivity contribution in [3.8, 4) is 0 Å². The molecule has 4 heteroatoms. The maximum absolute atomic E-state index is 11.2. The Morgan fingerprint density at radius 2 is 1.43 bits per heavy atom. The van der Waals surface area contributed by atoms with Crippen molar-refractivity contribution < 1.29 is 9.53 Å². The molecule has 0 saturated heterocycles. The third kappa shape index (κ3) is 6.15. The van der Waals surface area contributed by atoms with E-state index in [1.165, 1.54) is 5.20 Å². The van der Waals surface area contributed by atoms with Crippen LogP contribution in [0.4, 0.5) is 0 Å². The fourth-order valence-corrected chi connectivity index (χ4v) is 11.6. The molecule has 0 aliphatic carbocycles. The fraction of sp³-hybridized carbons (Fsp3) is 0.667. The van der Waals surface area contributed by atoms with E-state index < -0.39 is 22.0 Å². The highest BCUT2D eigenvalue weighted by Crippen LogP contribution is 2.42. The van der Waals surface area contributed by atoms with Crippen molar-refractivity contribution in [1.29, 1.82) is 0 Å². The molecule has 0 saturated carbocycles. The first kappa shape index (κ1) is 25.4. The van der Waals surface area contributed by atoms with Gasteiger partial charge in [-0.3, -0.25) is 0 Å². The summed E-state index contributed by atoms with van der Waals surface area (Å²) in [4.78, 5) is 0. The average molecular weight is 421 g/mol. The van der Waals surface area contributed by atoms with E-state index in [0.717, 1.165) is 5.56 Å². The van der Waals surface area contributed by atoms with Gasteiger partial charge in [0.05, 0.1) is 20.3 Å². The highest BCUT2D eigenvalue weighted by atomic mass is 28.4. The Kier molecular flexibility index (Phi) is 8.94. The Morgan fingerprint density at radius 3 is 1.82 bits per heavy atom. The monoisotopic (exact) mass is 420 g/mol. The van der Waals surface area contributed by atoms with Crippen LogP contribution in [0.5, 0.6) is 0 Å². The molecule has 1 aromatic rings. The summed E-state index contributed by atoms with van der Waals surface area (Å²) in [5.74, 6) is 0. The number of hydrogen-bond acceptors (Lipinski definition) is 2. The number of aliphatic hydroxyl groups is 1. The van der Waals surface area contributed by atoms with Crippen LogP contribution in [0.15, 0.2) is 41.6 Å². The summed E-state index contributed by atoms with van der Waals surface area (Å²) in [6, 6.07) is 10.0. The van der Waals surface area contributed by atoms with Gasteiger partial charge < -0.3 is 9.53 Å². The van der Waals surface area contributed by atoms with Crippen molar-refractivity contribution >= 4 is 16.4 Å². The van der Waals surface area contributed by atoms with Gasteiger partial charge in [-0.1, -0.05) is 103 Å². The van der Waals surface area contributed by atoms with E-state index in [-0.39, 0.29) is 0 Å². The predicted octanol–water partition coefficient (Wildman–Crippen LogP) is 7.28. The highest BCUT2D eigenvalue weighted by Gasteiger charge is 2.44. The number of benzene rings is 1. The number of hydrogen-bond donors (Lipinski definition) is 1. The van der Waals surface area contributed by atoms with Crippen molar-refractivity contribution in [2.45, 2.75) is 96.8 Å². The maximum atomic E-state index is 11.2. The van der Waals surface area contributed by atoms with E-state index in [0.29, 0.717) is 29.7 Å². The van der Waals surface area contributed by atoms with Gasteiger partial charge in [0.15, 0.2) is 0 Å². The molecule has 0 aliphatic heterocycles. The van der Waals surface area contributed by atoms with Gasteiger partial charge in [0.2, 0.25) is 8.32 Å². The second-order valence-electron chi connectivity index (χ2n) is 10.4. The number of rotatable bonds is 10. The van der Waals surface area contributed by atoms with Crippen molar-refractivity contribution in [3.63, 3.8) is 0 Å². The van der Waals surface area contributed by atoms with Crippen molar-refractivity contribution in [1.82, 2.24) is 0 Å². The van der Waals surface area contributed by atoms with E-state index in [2.05, 4.69) is 67.3 Å². The van der Waals surface area contributed by atoms with Crippen LogP contribution in [-0.2, 0) is 10.0 Å². The molecule has 0 radical (unpaired) electrons. The van der Waals surface area contributed by atoms with Crippen molar-refractivity contribution in [2.75, 3.05) is 6.61 Å². The van der Waals surface area contributed by atoms with Gasteiger partial charge in [0.25, 0.3) is 0 Å². The van der Waals surface area contributed by atoms with Crippen molar-refractivity contribution in [3.05, 3.63) is 47.2 Å². The second kappa shape index (κ2) is 9.88. The van der Waals surface area contributed by atoms with E-state index >= 15 is 0 Å². The molecule has 1 atom stereocenters. The van der Waals surface area contributed by atoms with Crippen LogP contribution in [0.3, 0.4) is 0 Å². The molecule has 0 heterocycles. The molecule has 160 valence electrons. The zero-order chi connectivity index (χ0) is 21.8. The van der Waals surface area contributed by atoms with Gasteiger partial charge in [0.1, 0.15) is 0 Å². The largest absolute Gasteiger partial charge is 0.412 e. The summed E-state index contributed by atoms with van der Waals surface area (Å²) in [5, 5.41) is 12.6. The first-order valence-electron chi connectivity index (χ1n) is 10.9. The second-order valence-corrected chi connectivity index (χ2v) is 21.0. The Morgan fingerprint density at radius 1 is 0.964 bits per heavy atom. The standard InChI is InChI=1S/C24H44O2Si2/c1-19(2)28(20(3)4,21(5)6)26-17-16-23(27(8,9)10)18-24(7,25)22-14-12-11-13-15-22/h11-16,19-21,25H,17-18H2,1-10H3/b23-16+. The molecule has 0 fully saturated rings. The molecular weight excluding hydrogens is 376 g/mol. The van der Waals surface area contributed by atoms with E-state index in [1.54, 1.807) is 0 Å². The quantitative estimate of drug-likeness (QED) is 0.403. The van der Waals surface area contributed by atoms with E-state index in [1.807, 2.05) is 37.3 Å². The molecule has 28 heavy (non-hydrogen) atoms. The summed E-state index contributed by atoms with van der Waals surface area (Å²) in [6.07, 6.45) is 2.98. The minimum atomic E-state index is -1.87. The lowest BCUT2D eigenvalue weighted by Crippen LogP contribution is -2.47. The lowest BCUT2D eigenvalue weighted by molar-refractivity contribution is 0.0589. The average Bonchev–Trinajstić information content (AvgIpc) is 2.56. The smallest absolute Gasteiger partial charge is 0.200 e. The molecule has 1 unspecified atom stereocenters. The van der Waals surface area contributed by atoms with Crippen LogP contribution in [-0.4, -0.2) is 28.1 Å². The summed E-state index contributed by atoms with van der Waals surface area (Å²) in [5.41, 5.74) is 1.89. The lowest BCUT2D eigenvalue weighted by atomic mass is 9.92. The first-order valence-corrected chi connectivity index (χ1v) is 16.5. The van der Waals surface area contributed by atoms with Crippen LogP contribution in [0.25, 0.3) is 0 Å². The molecular formula is C24H44O2Si2. The Hall–Kier alpha value is -0.686. The molecule has 1 N–H and O–H groups in total. The molecule has 0 bridgehead atoms. The lowest BCUT2D eigenvalue weighted by Gasteiger charge is -2.42. The summed E-state index contributed by atoms with van der Waals surface area (Å²) >= 11 is 0. The first-order chi connectivity index (χ1) is 12.7. The Bertz CT molecular complexity index is 604.